The number of ether oxygens (including phenoxy) is 1. The third-order valence-corrected chi connectivity index (χ3v) is 1.69. The summed E-state index contributed by atoms with van der Waals surface area (Å²) in [6.07, 6.45) is -0.0429. The number of rotatable bonds is 3. The Bertz CT molecular complexity index is 368. The lowest BCUT2D eigenvalue weighted by Gasteiger charge is -2.15. The maximum atomic E-state index is 13.4. The minimum absolute atomic E-state index is 0.00806. The van der Waals surface area contributed by atoms with Crippen LogP contribution < -0.4 is 15.8 Å². The molecular formula is C10H13FN2OS. The standard InChI is InChI=1S/C10H13FN2OS/c1-6(2)14-8-5-3-4-7(11)9(8)13-10(12)15/h3-6H,1-2H3,(H3,12,13,15). The van der Waals surface area contributed by atoms with E-state index >= 15 is 0 Å². The summed E-state index contributed by atoms with van der Waals surface area (Å²) in [5.41, 5.74) is 5.47. The van der Waals surface area contributed by atoms with Gasteiger partial charge in [-0.15, -0.1) is 0 Å². The maximum absolute atomic E-state index is 13.4. The number of nitrogens with two attached hydrogens (primary N) is 1. The normalized spacial score (nSPS) is 10.1. The molecule has 0 aromatic heterocycles. The van der Waals surface area contributed by atoms with Crippen molar-refractivity contribution < 1.29 is 9.13 Å². The monoisotopic (exact) mass is 228 g/mol. The molecule has 0 heterocycles. The third kappa shape index (κ3) is 3.36. The first kappa shape index (κ1) is 11.7. The van der Waals surface area contributed by atoms with E-state index in [4.69, 9.17) is 10.5 Å². The Morgan fingerprint density at radius 1 is 1.53 bits per heavy atom. The Hall–Kier alpha value is -1.36. The highest BCUT2D eigenvalue weighted by molar-refractivity contribution is 7.80. The van der Waals surface area contributed by atoms with Crippen molar-refractivity contribution in [2.24, 2.45) is 5.73 Å². The molecule has 1 aromatic rings. The summed E-state index contributed by atoms with van der Waals surface area (Å²) < 4.78 is 18.8. The molecule has 0 saturated heterocycles. The van der Waals surface area contributed by atoms with Crippen LogP contribution in [0, 0.1) is 5.82 Å². The van der Waals surface area contributed by atoms with Gasteiger partial charge in [0, 0.05) is 0 Å². The van der Waals surface area contributed by atoms with E-state index in [9.17, 15) is 4.39 Å². The molecule has 0 radical (unpaired) electrons. The van der Waals surface area contributed by atoms with Crippen LogP contribution in [0.1, 0.15) is 13.8 Å². The molecule has 1 rings (SSSR count). The van der Waals surface area contributed by atoms with E-state index in [1.54, 1.807) is 12.1 Å². The van der Waals surface area contributed by atoms with Crippen LogP contribution in [0.3, 0.4) is 0 Å². The number of para-hydroxylation sites is 1. The van der Waals surface area contributed by atoms with E-state index in [0.29, 0.717) is 5.75 Å². The summed E-state index contributed by atoms with van der Waals surface area (Å²) in [6.45, 7) is 3.71. The third-order valence-electron chi connectivity index (χ3n) is 1.59. The van der Waals surface area contributed by atoms with Crippen molar-refractivity contribution in [2.75, 3.05) is 5.32 Å². The van der Waals surface area contributed by atoms with E-state index in [0.717, 1.165) is 0 Å². The molecule has 15 heavy (non-hydrogen) atoms. The van der Waals surface area contributed by atoms with Gasteiger partial charge in [-0.3, -0.25) is 0 Å². The van der Waals surface area contributed by atoms with Crippen molar-refractivity contribution in [3.63, 3.8) is 0 Å². The van der Waals surface area contributed by atoms with E-state index in [-0.39, 0.29) is 16.9 Å². The van der Waals surface area contributed by atoms with Gasteiger partial charge in [-0.1, -0.05) is 6.07 Å². The highest BCUT2D eigenvalue weighted by Crippen LogP contribution is 2.28. The van der Waals surface area contributed by atoms with Crippen LogP contribution in [0.4, 0.5) is 10.1 Å². The van der Waals surface area contributed by atoms with Gasteiger partial charge in [0.05, 0.1) is 6.10 Å². The molecular weight excluding hydrogens is 215 g/mol. The van der Waals surface area contributed by atoms with Crippen molar-refractivity contribution in [2.45, 2.75) is 20.0 Å². The highest BCUT2D eigenvalue weighted by atomic mass is 32.1. The molecule has 0 saturated carbocycles. The molecule has 0 atom stereocenters. The molecule has 0 bridgehead atoms. The Labute approximate surface area is 93.4 Å². The topological polar surface area (TPSA) is 47.3 Å². The predicted molar refractivity (Wildman–Crippen MR) is 62.6 cm³/mol. The zero-order valence-electron chi connectivity index (χ0n) is 8.58. The molecule has 5 heteroatoms. The van der Waals surface area contributed by atoms with Gasteiger partial charge in [-0.2, -0.15) is 0 Å². The zero-order chi connectivity index (χ0) is 11.4. The molecule has 0 fully saturated rings. The first-order chi connectivity index (χ1) is 7.00. The fourth-order valence-electron chi connectivity index (χ4n) is 1.10. The van der Waals surface area contributed by atoms with E-state index in [1.807, 2.05) is 13.8 Å². The summed E-state index contributed by atoms with van der Waals surface area (Å²) in [5, 5.41) is 2.56. The molecule has 0 aliphatic rings. The number of anilines is 1. The van der Waals surface area contributed by atoms with Crippen molar-refractivity contribution in [3.05, 3.63) is 24.0 Å². The van der Waals surface area contributed by atoms with Crippen LogP contribution in [-0.2, 0) is 0 Å². The molecule has 0 aliphatic carbocycles. The molecule has 3 N–H and O–H groups in total. The fourth-order valence-corrected chi connectivity index (χ4v) is 1.20. The van der Waals surface area contributed by atoms with Gasteiger partial charge in [-0.25, -0.2) is 4.39 Å². The Kier molecular flexibility index (Phi) is 3.85. The van der Waals surface area contributed by atoms with Gasteiger partial charge in [0.25, 0.3) is 0 Å². The SMILES string of the molecule is CC(C)Oc1cccc(F)c1NC(N)=S. The van der Waals surface area contributed by atoms with Gasteiger partial charge in [-0.05, 0) is 38.2 Å². The summed E-state index contributed by atoms with van der Waals surface area (Å²) in [5.74, 6) is -0.0428. The smallest absolute Gasteiger partial charge is 0.168 e. The van der Waals surface area contributed by atoms with Gasteiger partial charge in [0.1, 0.15) is 11.4 Å². The quantitative estimate of drug-likeness (QED) is 0.779. The lowest BCUT2D eigenvalue weighted by molar-refractivity contribution is 0.243. The first-order valence-corrected chi connectivity index (χ1v) is 4.93. The second-order valence-electron chi connectivity index (χ2n) is 3.27. The van der Waals surface area contributed by atoms with Gasteiger partial charge >= 0.3 is 0 Å². The van der Waals surface area contributed by atoms with E-state index in [2.05, 4.69) is 17.5 Å². The minimum atomic E-state index is -0.444. The van der Waals surface area contributed by atoms with Crippen LogP contribution in [0.25, 0.3) is 0 Å². The van der Waals surface area contributed by atoms with E-state index < -0.39 is 5.82 Å². The molecule has 0 amide bonds. The molecule has 1 aromatic carbocycles. The second-order valence-corrected chi connectivity index (χ2v) is 3.71. The van der Waals surface area contributed by atoms with Crippen LogP contribution in [0.15, 0.2) is 18.2 Å². The van der Waals surface area contributed by atoms with Crippen molar-refractivity contribution >= 4 is 23.0 Å². The Morgan fingerprint density at radius 3 is 2.73 bits per heavy atom. The molecule has 3 nitrogen and oxygen atoms in total. The van der Waals surface area contributed by atoms with Crippen LogP contribution >= 0.6 is 12.2 Å². The van der Waals surface area contributed by atoms with Gasteiger partial charge < -0.3 is 15.8 Å². The average molecular weight is 228 g/mol. The summed E-state index contributed by atoms with van der Waals surface area (Å²) in [7, 11) is 0. The van der Waals surface area contributed by atoms with E-state index in [1.165, 1.54) is 6.07 Å². The van der Waals surface area contributed by atoms with Crippen LogP contribution in [0.2, 0.25) is 0 Å². The minimum Gasteiger partial charge on any atom is -0.489 e. The molecule has 0 unspecified atom stereocenters. The van der Waals surface area contributed by atoms with Crippen molar-refractivity contribution in [1.29, 1.82) is 0 Å². The van der Waals surface area contributed by atoms with Gasteiger partial charge in [0.2, 0.25) is 0 Å². The summed E-state index contributed by atoms with van der Waals surface area (Å²) >= 11 is 4.65. The number of benzene rings is 1. The molecule has 82 valence electrons. The van der Waals surface area contributed by atoms with Gasteiger partial charge in [0.15, 0.2) is 10.9 Å². The number of thiocarbonyl (C=S) groups is 1. The lowest BCUT2D eigenvalue weighted by Crippen LogP contribution is -2.21. The highest BCUT2D eigenvalue weighted by Gasteiger charge is 2.10. The fraction of sp³-hybridized carbons (Fsp3) is 0.300. The van der Waals surface area contributed by atoms with Crippen LogP contribution in [-0.4, -0.2) is 11.2 Å². The second kappa shape index (κ2) is 4.93. The number of hydrogen-bond donors (Lipinski definition) is 2. The number of hydrogen-bond acceptors (Lipinski definition) is 2. The van der Waals surface area contributed by atoms with Crippen LogP contribution in [0.5, 0.6) is 5.75 Å². The zero-order valence-corrected chi connectivity index (χ0v) is 9.40. The summed E-state index contributed by atoms with van der Waals surface area (Å²) in [6, 6.07) is 4.54. The van der Waals surface area contributed by atoms with Crippen molar-refractivity contribution in [3.8, 4) is 5.75 Å². The average Bonchev–Trinajstić information content (AvgIpc) is 2.09. The molecule has 0 spiro atoms. The lowest BCUT2D eigenvalue weighted by atomic mass is 10.2. The van der Waals surface area contributed by atoms with Crippen molar-refractivity contribution in [1.82, 2.24) is 0 Å². The molecule has 0 aliphatic heterocycles. The first-order valence-electron chi connectivity index (χ1n) is 4.52. The number of nitrogens with one attached hydrogen (secondary N) is 1. The maximum Gasteiger partial charge on any atom is 0.168 e. The predicted octanol–water partition coefficient (Wildman–Crippen LogP) is 2.27. The largest absolute Gasteiger partial charge is 0.489 e. The summed E-state index contributed by atoms with van der Waals surface area (Å²) in [4.78, 5) is 0. The number of halogens is 1. The Balaban J connectivity index is 3.02. The Morgan fingerprint density at radius 2 is 2.20 bits per heavy atom.